The van der Waals surface area contributed by atoms with Gasteiger partial charge in [-0.25, -0.2) is 9.97 Å². The molecule has 0 aliphatic carbocycles. The fraction of sp³-hybridized carbons (Fsp3) is 0. The van der Waals surface area contributed by atoms with Gasteiger partial charge in [-0.3, -0.25) is 0 Å². The molecule has 0 aliphatic heterocycles. The van der Waals surface area contributed by atoms with E-state index in [2.05, 4.69) is 21.0 Å². The lowest BCUT2D eigenvalue weighted by atomic mass is 10.2. The van der Waals surface area contributed by atoms with Crippen LogP contribution in [0.3, 0.4) is 0 Å². The molecule has 0 atom stereocenters. The third-order valence-corrected chi connectivity index (χ3v) is 3.23. The van der Waals surface area contributed by atoms with E-state index in [1.165, 1.54) is 6.33 Å². The quantitative estimate of drug-likeness (QED) is 0.693. The highest BCUT2D eigenvalue weighted by Crippen LogP contribution is 2.30. The van der Waals surface area contributed by atoms with E-state index in [4.69, 9.17) is 0 Å². The van der Waals surface area contributed by atoms with Gasteiger partial charge in [0.2, 0.25) is 0 Å². The van der Waals surface area contributed by atoms with Crippen molar-refractivity contribution in [2.45, 2.75) is 0 Å². The molecule has 0 aliphatic rings. The largest absolute Gasteiger partial charge is 0.350 e. The van der Waals surface area contributed by atoms with Crippen LogP contribution >= 0.6 is 11.3 Å². The summed E-state index contributed by atoms with van der Waals surface area (Å²) in [6.45, 7) is 0. The Morgan fingerprint density at radius 3 is 3.12 bits per heavy atom. The zero-order valence-corrected chi connectivity index (χ0v) is 8.95. The Bertz CT molecular complexity index is 676. The standard InChI is InChI=1S/C11H6N4S/c12-4-7-10-8(5-13-6-14-10)15-11(7)9-2-1-3-16-9/h1-3,5-6,15H. The lowest BCUT2D eigenvalue weighted by Crippen LogP contribution is -1.79. The van der Waals surface area contributed by atoms with Gasteiger partial charge in [0.25, 0.3) is 0 Å². The molecule has 0 unspecified atom stereocenters. The SMILES string of the molecule is N#Cc1c(-c2cccs2)[nH]c2cncnc12. The second-order valence-electron chi connectivity index (χ2n) is 3.25. The van der Waals surface area contributed by atoms with Gasteiger partial charge in [-0.1, -0.05) is 6.07 Å². The number of aromatic nitrogens is 3. The molecule has 4 nitrogen and oxygen atoms in total. The molecule has 0 bridgehead atoms. The molecular formula is C11H6N4S. The number of aromatic amines is 1. The van der Waals surface area contributed by atoms with Crippen LogP contribution in [0.15, 0.2) is 30.0 Å². The van der Waals surface area contributed by atoms with E-state index < -0.39 is 0 Å². The molecule has 0 saturated carbocycles. The summed E-state index contributed by atoms with van der Waals surface area (Å²) in [6.07, 6.45) is 3.13. The van der Waals surface area contributed by atoms with Gasteiger partial charge in [0.1, 0.15) is 23.5 Å². The smallest absolute Gasteiger partial charge is 0.116 e. The van der Waals surface area contributed by atoms with E-state index in [1.807, 2.05) is 17.5 Å². The second kappa shape index (κ2) is 3.43. The van der Waals surface area contributed by atoms with E-state index in [1.54, 1.807) is 17.5 Å². The fourth-order valence-electron chi connectivity index (χ4n) is 1.65. The van der Waals surface area contributed by atoms with Crippen LogP contribution in [0.25, 0.3) is 21.6 Å². The van der Waals surface area contributed by atoms with Crippen LogP contribution in [-0.2, 0) is 0 Å². The molecule has 3 aromatic rings. The van der Waals surface area contributed by atoms with E-state index in [-0.39, 0.29) is 0 Å². The van der Waals surface area contributed by atoms with E-state index in [0.29, 0.717) is 11.1 Å². The van der Waals surface area contributed by atoms with Gasteiger partial charge in [0.15, 0.2) is 0 Å². The summed E-state index contributed by atoms with van der Waals surface area (Å²) in [5.41, 5.74) is 2.89. The van der Waals surface area contributed by atoms with Crippen LogP contribution in [-0.4, -0.2) is 15.0 Å². The minimum absolute atomic E-state index is 0.583. The molecule has 0 radical (unpaired) electrons. The molecule has 3 heterocycles. The van der Waals surface area contributed by atoms with Gasteiger partial charge < -0.3 is 4.98 Å². The topological polar surface area (TPSA) is 65.4 Å². The number of thiophene rings is 1. The number of H-pyrrole nitrogens is 1. The Hall–Kier alpha value is -2.19. The third-order valence-electron chi connectivity index (χ3n) is 2.34. The monoisotopic (exact) mass is 226 g/mol. The van der Waals surface area contributed by atoms with Crippen molar-refractivity contribution in [3.8, 4) is 16.6 Å². The number of hydrogen-bond donors (Lipinski definition) is 1. The molecule has 1 N–H and O–H groups in total. The number of hydrogen-bond acceptors (Lipinski definition) is 4. The summed E-state index contributed by atoms with van der Waals surface area (Å²) >= 11 is 1.59. The summed E-state index contributed by atoms with van der Waals surface area (Å²) < 4.78 is 0. The van der Waals surface area contributed by atoms with Gasteiger partial charge in [-0.2, -0.15) is 5.26 Å². The molecule has 0 amide bonds. The molecular weight excluding hydrogens is 220 g/mol. The number of rotatable bonds is 1. The molecule has 0 saturated heterocycles. The molecule has 3 rings (SSSR count). The first-order chi connectivity index (χ1) is 7.90. The highest BCUT2D eigenvalue weighted by atomic mass is 32.1. The Morgan fingerprint density at radius 2 is 2.38 bits per heavy atom. The Labute approximate surface area is 95.2 Å². The minimum Gasteiger partial charge on any atom is -0.350 e. The molecule has 76 valence electrons. The first kappa shape index (κ1) is 9.07. The lowest BCUT2D eigenvalue weighted by Gasteiger charge is -1.91. The predicted molar refractivity (Wildman–Crippen MR) is 61.9 cm³/mol. The number of nitriles is 1. The molecule has 16 heavy (non-hydrogen) atoms. The Kier molecular flexibility index (Phi) is 1.95. The highest BCUT2D eigenvalue weighted by molar-refractivity contribution is 7.13. The Morgan fingerprint density at radius 1 is 1.44 bits per heavy atom. The van der Waals surface area contributed by atoms with Crippen molar-refractivity contribution in [2.75, 3.05) is 0 Å². The maximum Gasteiger partial charge on any atom is 0.116 e. The van der Waals surface area contributed by atoms with Crippen molar-refractivity contribution >= 4 is 22.4 Å². The van der Waals surface area contributed by atoms with Crippen molar-refractivity contribution < 1.29 is 0 Å². The molecule has 3 aromatic heterocycles. The third kappa shape index (κ3) is 1.21. The lowest BCUT2D eigenvalue weighted by molar-refractivity contribution is 1.22. The van der Waals surface area contributed by atoms with E-state index in [0.717, 1.165) is 16.1 Å². The van der Waals surface area contributed by atoms with Crippen LogP contribution in [0.4, 0.5) is 0 Å². The summed E-state index contributed by atoms with van der Waals surface area (Å²) in [4.78, 5) is 12.3. The average molecular weight is 226 g/mol. The number of nitrogens with one attached hydrogen (secondary N) is 1. The van der Waals surface area contributed by atoms with Crippen LogP contribution < -0.4 is 0 Å². The summed E-state index contributed by atoms with van der Waals surface area (Å²) in [5, 5.41) is 11.2. The van der Waals surface area contributed by atoms with Crippen molar-refractivity contribution in [1.82, 2.24) is 15.0 Å². The zero-order chi connectivity index (χ0) is 11.0. The molecule has 5 heteroatoms. The van der Waals surface area contributed by atoms with Crippen molar-refractivity contribution in [2.24, 2.45) is 0 Å². The van der Waals surface area contributed by atoms with Crippen LogP contribution in [0.1, 0.15) is 5.56 Å². The minimum atomic E-state index is 0.583. The molecule has 0 aromatic carbocycles. The predicted octanol–water partition coefficient (Wildman–Crippen LogP) is 2.56. The zero-order valence-electron chi connectivity index (χ0n) is 8.14. The molecule has 0 spiro atoms. The van der Waals surface area contributed by atoms with Crippen LogP contribution in [0, 0.1) is 11.3 Å². The maximum atomic E-state index is 9.18. The van der Waals surface area contributed by atoms with Gasteiger partial charge in [0.05, 0.1) is 22.3 Å². The van der Waals surface area contributed by atoms with Gasteiger partial charge in [-0.15, -0.1) is 11.3 Å². The van der Waals surface area contributed by atoms with Gasteiger partial charge >= 0.3 is 0 Å². The van der Waals surface area contributed by atoms with Crippen molar-refractivity contribution in [1.29, 1.82) is 5.26 Å². The van der Waals surface area contributed by atoms with Crippen molar-refractivity contribution in [3.63, 3.8) is 0 Å². The van der Waals surface area contributed by atoms with Crippen LogP contribution in [0.2, 0.25) is 0 Å². The number of fused-ring (bicyclic) bond motifs is 1. The number of nitrogens with zero attached hydrogens (tertiary/aromatic N) is 3. The summed E-state index contributed by atoms with van der Waals surface area (Å²) in [5.74, 6) is 0. The summed E-state index contributed by atoms with van der Waals surface area (Å²) in [6, 6.07) is 6.12. The summed E-state index contributed by atoms with van der Waals surface area (Å²) in [7, 11) is 0. The maximum absolute atomic E-state index is 9.18. The fourth-order valence-corrected chi connectivity index (χ4v) is 2.38. The van der Waals surface area contributed by atoms with E-state index in [9.17, 15) is 5.26 Å². The first-order valence-electron chi connectivity index (χ1n) is 4.66. The highest BCUT2D eigenvalue weighted by Gasteiger charge is 2.14. The Balaban J connectivity index is 2.38. The van der Waals surface area contributed by atoms with Gasteiger partial charge in [0, 0.05) is 0 Å². The first-order valence-corrected chi connectivity index (χ1v) is 5.54. The van der Waals surface area contributed by atoms with Crippen molar-refractivity contribution in [3.05, 3.63) is 35.6 Å². The van der Waals surface area contributed by atoms with Gasteiger partial charge in [-0.05, 0) is 11.4 Å². The normalized spacial score (nSPS) is 10.4. The second-order valence-corrected chi connectivity index (χ2v) is 4.20. The van der Waals surface area contributed by atoms with E-state index >= 15 is 0 Å². The van der Waals surface area contributed by atoms with Crippen LogP contribution in [0.5, 0.6) is 0 Å². The average Bonchev–Trinajstić information content (AvgIpc) is 2.95. The molecule has 0 fully saturated rings.